The highest BCUT2D eigenvalue weighted by Crippen LogP contribution is 2.43. The van der Waals surface area contributed by atoms with E-state index >= 15 is 0 Å². The molecule has 0 spiro atoms. The molecule has 0 aliphatic rings. The third kappa shape index (κ3) is 4.38. The minimum absolute atomic E-state index is 0.881. The van der Waals surface area contributed by atoms with Gasteiger partial charge < -0.3 is 13.3 Å². The molecule has 3 nitrogen and oxygen atoms in total. The highest BCUT2D eigenvalue weighted by atomic mass is 16.3. The molecule has 238 valence electrons. The van der Waals surface area contributed by atoms with Gasteiger partial charge in [0.15, 0.2) is 0 Å². The van der Waals surface area contributed by atoms with E-state index in [2.05, 4.69) is 133 Å². The van der Waals surface area contributed by atoms with Crippen LogP contribution < -0.4 is 0 Å². The predicted octanol–water partition coefficient (Wildman–Crippen LogP) is 14.1. The van der Waals surface area contributed by atoms with Crippen molar-refractivity contribution in [1.82, 2.24) is 0 Å². The van der Waals surface area contributed by atoms with Crippen LogP contribution in [0.5, 0.6) is 0 Å². The van der Waals surface area contributed by atoms with E-state index in [-0.39, 0.29) is 0 Å². The third-order valence-electron chi connectivity index (χ3n) is 10.3. The van der Waals surface area contributed by atoms with Gasteiger partial charge in [0.05, 0.1) is 0 Å². The van der Waals surface area contributed by atoms with E-state index in [1.54, 1.807) is 0 Å². The van der Waals surface area contributed by atoms with Crippen molar-refractivity contribution in [3.8, 4) is 44.5 Å². The average molecular weight is 653 g/mol. The van der Waals surface area contributed by atoms with Crippen molar-refractivity contribution >= 4 is 65.8 Å². The lowest BCUT2D eigenvalue weighted by atomic mass is 9.89. The maximum atomic E-state index is 6.33. The van der Waals surface area contributed by atoms with Crippen molar-refractivity contribution in [1.29, 1.82) is 0 Å². The second-order valence-electron chi connectivity index (χ2n) is 13.2. The molecule has 11 rings (SSSR count). The number of furan rings is 3. The number of hydrogen-bond donors (Lipinski definition) is 0. The zero-order valence-electron chi connectivity index (χ0n) is 27.4. The zero-order valence-corrected chi connectivity index (χ0v) is 27.4. The number of rotatable bonds is 4. The van der Waals surface area contributed by atoms with Gasteiger partial charge in [0.2, 0.25) is 0 Å². The summed E-state index contributed by atoms with van der Waals surface area (Å²) in [6, 6.07) is 59.8. The first-order chi connectivity index (χ1) is 25.2. The molecular weight excluding hydrogens is 625 g/mol. The maximum Gasteiger partial charge on any atom is 0.136 e. The largest absolute Gasteiger partial charge is 0.456 e. The Morgan fingerprint density at radius 1 is 0.235 bits per heavy atom. The molecule has 0 radical (unpaired) electrons. The van der Waals surface area contributed by atoms with E-state index in [1.165, 1.54) is 0 Å². The third-order valence-corrected chi connectivity index (χ3v) is 10.3. The van der Waals surface area contributed by atoms with E-state index in [1.807, 2.05) is 36.4 Å². The molecule has 0 saturated carbocycles. The predicted molar refractivity (Wildman–Crippen MR) is 210 cm³/mol. The summed E-state index contributed by atoms with van der Waals surface area (Å²) in [6.45, 7) is 0. The maximum absolute atomic E-state index is 6.33. The summed E-state index contributed by atoms with van der Waals surface area (Å²) < 4.78 is 18.9. The van der Waals surface area contributed by atoms with E-state index in [0.29, 0.717) is 0 Å². The summed E-state index contributed by atoms with van der Waals surface area (Å²) >= 11 is 0. The van der Waals surface area contributed by atoms with Crippen LogP contribution in [0, 0.1) is 0 Å². The van der Waals surface area contributed by atoms with Crippen LogP contribution in [0.15, 0.2) is 183 Å². The Kier molecular flexibility index (Phi) is 5.96. The van der Waals surface area contributed by atoms with Crippen molar-refractivity contribution in [3.05, 3.63) is 170 Å². The smallest absolute Gasteiger partial charge is 0.136 e. The molecular formula is C48H28O3. The Bertz CT molecular complexity index is 3020. The van der Waals surface area contributed by atoms with Crippen molar-refractivity contribution in [3.63, 3.8) is 0 Å². The Hall–Kier alpha value is -6.84. The first-order valence-corrected chi connectivity index (χ1v) is 17.2. The fourth-order valence-electron chi connectivity index (χ4n) is 7.92. The van der Waals surface area contributed by atoms with Gasteiger partial charge in [-0.1, -0.05) is 103 Å². The molecule has 3 heteroatoms. The first-order valence-electron chi connectivity index (χ1n) is 17.2. The van der Waals surface area contributed by atoms with Crippen LogP contribution in [0.2, 0.25) is 0 Å². The summed E-state index contributed by atoms with van der Waals surface area (Å²) in [5.41, 5.74) is 14.4. The van der Waals surface area contributed by atoms with Gasteiger partial charge in [-0.25, -0.2) is 0 Å². The van der Waals surface area contributed by atoms with Crippen LogP contribution in [-0.4, -0.2) is 0 Å². The standard InChI is InChI=1S/C48H28O3/c1-4-17-41-37(12-1)38-23-22-31(28-46(38)51-41)29-10-7-11-30(24-29)32-25-33(35-15-8-20-44-47(35)39-13-2-5-18-42(39)49-44)27-34(26-32)36-16-9-21-45-48(36)40-14-3-6-19-43(40)50-45/h1-28H. The summed E-state index contributed by atoms with van der Waals surface area (Å²) in [7, 11) is 0. The monoisotopic (exact) mass is 652 g/mol. The Labute approximate surface area is 292 Å². The molecule has 0 aliphatic heterocycles. The Balaban J connectivity index is 1.14. The molecule has 11 aromatic rings. The molecule has 0 saturated heterocycles. The topological polar surface area (TPSA) is 39.4 Å². The minimum Gasteiger partial charge on any atom is -0.456 e. The lowest BCUT2D eigenvalue weighted by molar-refractivity contribution is 0.668. The van der Waals surface area contributed by atoms with E-state index < -0.39 is 0 Å². The molecule has 0 aliphatic carbocycles. The van der Waals surface area contributed by atoms with Gasteiger partial charge in [0, 0.05) is 32.3 Å². The Morgan fingerprint density at radius 2 is 0.647 bits per heavy atom. The lowest BCUT2D eigenvalue weighted by Crippen LogP contribution is -1.88. The van der Waals surface area contributed by atoms with Crippen molar-refractivity contribution in [2.45, 2.75) is 0 Å². The summed E-state index contributed by atoms with van der Waals surface area (Å²) in [5, 5.41) is 6.73. The second kappa shape index (κ2) is 10.8. The summed E-state index contributed by atoms with van der Waals surface area (Å²) in [4.78, 5) is 0. The van der Waals surface area contributed by atoms with Gasteiger partial charge in [-0.3, -0.25) is 0 Å². The van der Waals surface area contributed by atoms with Crippen LogP contribution >= 0.6 is 0 Å². The van der Waals surface area contributed by atoms with E-state index in [0.717, 1.165) is 110 Å². The quantitative estimate of drug-likeness (QED) is 0.190. The molecule has 0 atom stereocenters. The van der Waals surface area contributed by atoms with Crippen molar-refractivity contribution in [2.24, 2.45) is 0 Å². The van der Waals surface area contributed by atoms with Gasteiger partial charge in [-0.2, -0.15) is 0 Å². The van der Waals surface area contributed by atoms with Crippen LogP contribution in [0.25, 0.3) is 110 Å². The van der Waals surface area contributed by atoms with Crippen molar-refractivity contribution < 1.29 is 13.3 Å². The van der Waals surface area contributed by atoms with E-state index in [4.69, 9.17) is 13.3 Å². The Morgan fingerprint density at radius 3 is 1.27 bits per heavy atom. The number of para-hydroxylation sites is 3. The molecule has 51 heavy (non-hydrogen) atoms. The molecule has 0 fully saturated rings. The molecule has 8 aromatic carbocycles. The highest BCUT2D eigenvalue weighted by Gasteiger charge is 2.18. The molecule has 3 heterocycles. The minimum atomic E-state index is 0.881. The van der Waals surface area contributed by atoms with Crippen LogP contribution in [0.3, 0.4) is 0 Å². The number of benzene rings is 8. The average Bonchev–Trinajstić information content (AvgIpc) is 3.88. The van der Waals surface area contributed by atoms with Crippen LogP contribution in [0.4, 0.5) is 0 Å². The van der Waals surface area contributed by atoms with Gasteiger partial charge >= 0.3 is 0 Å². The van der Waals surface area contributed by atoms with Gasteiger partial charge in [0.25, 0.3) is 0 Å². The molecule has 0 bridgehead atoms. The molecule has 0 amide bonds. The highest BCUT2D eigenvalue weighted by molar-refractivity contribution is 6.15. The molecule has 0 N–H and O–H groups in total. The molecule has 0 unspecified atom stereocenters. The fourth-order valence-corrected chi connectivity index (χ4v) is 7.92. The summed E-state index contributed by atoms with van der Waals surface area (Å²) in [5.74, 6) is 0. The molecule has 3 aromatic heterocycles. The van der Waals surface area contributed by atoms with Gasteiger partial charge in [-0.05, 0) is 111 Å². The van der Waals surface area contributed by atoms with Gasteiger partial charge in [0.1, 0.15) is 33.5 Å². The number of fused-ring (bicyclic) bond motifs is 9. The van der Waals surface area contributed by atoms with Crippen LogP contribution in [-0.2, 0) is 0 Å². The zero-order chi connectivity index (χ0) is 33.5. The second-order valence-corrected chi connectivity index (χ2v) is 13.2. The van der Waals surface area contributed by atoms with Gasteiger partial charge in [-0.15, -0.1) is 0 Å². The first kappa shape index (κ1) is 28.0. The lowest BCUT2D eigenvalue weighted by Gasteiger charge is -2.14. The number of hydrogen-bond acceptors (Lipinski definition) is 3. The fraction of sp³-hybridized carbons (Fsp3) is 0. The van der Waals surface area contributed by atoms with E-state index in [9.17, 15) is 0 Å². The SMILES string of the molecule is c1cc(-c2cc(-c3cccc4oc5ccccc5c34)cc(-c3cccc4oc5ccccc5c34)c2)cc(-c2ccc3c(c2)oc2ccccc23)c1. The van der Waals surface area contributed by atoms with Crippen LogP contribution in [0.1, 0.15) is 0 Å². The van der Waals surface area contributed by atoms with Crippen molar-refractivity contribution in [2.75, 3.05) is 0 Å². The normalized spacial score (nSPS) is 11.9. The summed E-state index contributed by atoms with van der Waals surface area (Å²) in [6.07, 6.45) is 0.